The van der Waals surface area contributed by atoms with E-state index in [0.717, 1.165) is 23.7 Å². The third-order valence-corrected chi connectivity index (χ3v) is 5.53. The molecular formula is C17H32N2. The van der Waals surface area contributed by atoms with Crippen LogP contribution in [0.3, 0.4) is 0 Å². The highest BCUT2D eigenvalue weighted by atomic mass is 15.1. The monoisotopic (exact) mass is 264 g/mol. The van der Waals surface area contributed by atoms with Crippen molar-refractivity contribution in [2.75, 3.05) is 39.3 Å². The van der Waals surface area contributed by atoms with Crippen molar-refractivity contribution in [3.63, 3.8) is 0 Å². The summed E-state index contributed by atoms with van der Waals surface area (Å²) in [6.45, 7) is 16.6. The van der Waals surface area contributed by atoms with E-state index in [2.05, 4.69) is 49.6 Å². The Bertz CT molecular complexity index is 264. The van der Waals surface area contributed by atoms with Gasteiger partial charge in [-0.3, -0.25) is 0 Å². The Kier molecular flexibility index (Phi) is 5.47. The van der Waals surface area contributed by atoms with Crippen LogP contribution in [0, 0.1) is 23.7 Å². The maximum Gasteiger partial charge on any atom is 0.00184 e. The predicted molar refractivity (Wildman–Crippen MR) is 83.3 cm³/mol. The molecule has 0 aromatic heterocycles. The zero-order valence-electron chi connectivity index (χ0n) is 13.3. The standard InChI is InChI=1S/C17H32N2/c1-5-18(6-2)12-16-14-9-10-15(11-14)17(16)13-19(7-3)8-4/h9-10,14-17H,5-8,11-13H2,1-4H3/t14-,15+,16-,17-/m1/s1. The molecule has 1 saturated carbocycles. The molecule has 2 heteroatoms. The summed E-state index contributed by atoms with van der Waals surface area (Å²) in [6, 6.07) is 0. The van der Waals surface area contributed by atoms with E-state index in [9.17, 15) is 0 Å². The Morgan fingerprint density at radius 3 is 1.42 bits per heavy atom. The number of hydrogen-bond acceptors (Lipinski definition) is 2. The lowest BCUT2D eigenvalue weighted by molar-refractivity contribution is 0.149. The van der Waals surface area contributed by atoms with Crippen LogP contribution in [-0.4, -0.2) is 49.1 Å². The average Bonchev–Trinajstić information content (AvgIpc) is 3.03. The Morgan fingerprint density at radius 2 is 1.11 bits per heavy atom. The van der Waals surface area contributed by atoms with Gasteiger partial charge >= 0.3 is 0 Å². The number of fused-ring (bicyclic) bond motifs is 2. The Balaban J connectivity index is 2.00. The van der Waals surface area contributed by atoms with Gasteiger partial charge in [-0.15, -0.1) is 0 Å². The van der Waals surface area contributed by atoms with Gasteiger partial charge in [-0.25, -0.2) is 0 Å². The van der Waals surface area contributed by atoms with E-state index >= 15 is 0 Å². The summed E-state index contributed by atoms with van der Waals surface area (Å²) in [5.74, 6) is 3.53. The summed E-state index contributed by atoms with van der Waals surface area (Å²) in [4.78, 5) is 5.24. The van der Waals surface area contributed by atoms with Gasteiger partial charge < -0.3 is 9.80 Å². The van der Waals surface area contributed by atoms with Crippen LogP contribution in [0.4, 0.5) is 0 Å². The van der Waals surface area contributed by atoms with E-state index in [1.807, 2.05) is 0 Å². The predicted octanol–water partition coefficient (Wildman–Crippen LogP) is 3.11. The molecule has 110 valence electrons. The molecule has 0 N–H and O–H groups in total. The van der Waals surface area contributed by atoms with E-state index in [4.69, 9.17) is 0 Å². The zero-order chi connectivity index (χ0) is 13.8. The Hall–Kier alpha value is -0.340. The lowest BCUT2D eigenvalue weighted by Crippen LogP contribution is -2.40. The average molecular weight is 264 g/mol. The van der Waals surface area contributed by atoms with Gasteiger partial charge in [-0.2, -0.15) is 0 Å². The van der Waals surface area contributed by atoms with Crippen molar-refractivity contribution < 1.29 is 0 Å². The summed E-state index contributed by atoms with van der Waals surface area (Å²) in [6.07, 6.45) is 6.45. The summed E-state index contributed by atoms with van der Waals surface area (Å²) in [5.41, 5.74) is 0. The summed E-state index contributed by atoms with van der Waals surface area (Å²) >= 11 is 0. The van der Waals surface area contributed by atoms with Crippen molar-refractivity contribution in [2.45, 2.75) is 34.1 Å². The minimum atomic E-state index is 0.867. The third kappa shape index (κ3) is 3.22. The molecule has 0 aromatic carbocycles. The van der Waals surface area contributed by atoms with Crippen LogP contribution >= 0.6 is 0 Å². The van der Waals surface area contributed by atoms with Crippen LogP contribution in [0.1, 0.15) is 34.1 Å². The molecule has 0 unspecified atom stereocenters. The van der Waals surface area contributed by atoms with Crippen molar-refractivity contribution in [2.24, 2.45) is 23.7 Å². The Morgan fingerprint density at radius 1 is 0.737 bits per heavy atom. The van der Waals surface area contributed by atoms with Crippen molar-refractivity contribution in [1.29, 1.82) is 0 Å². The maximum absolute atomic E-state index is 2.62. The molecule has 2 aliphatic carbocycles. The van der Waals surface area contributed by atoms with Gasteiger partial charge in [-0.1, -0.05) is 39.8 Å². The molecule has 0 saturated heterocycles. The van der Waals surface area contributed by atoms with Crippen molar-refractivity contribution in [3.8, 4) is 0 Å². The lowest BCUT2D eigenvalue weighted by atomic mass is 9.82. The number of rotatable bonds is 8. The molecule has 0 radical (unpaired) electrons. The minimum absolute atomic E-state index is 0.867. The quantitative estimate of drug-likeness (QED) is 0.622. The summed E-state index contributed by atoms with van der Waals surface area (Å²) in [7, 11) is 0. The largest absolute Gasteiger partial charge is 0.304 e. The van der Waals surface area contributed by atoms with Crippen LogP contribution in [0.15, 0.2) is 12.2 Å². The number of nitrogens with zero attached hydrogens (tertiary/aromatic N) is 2. The van der Waals surface area contributed by atoms with Crippen LogP contribution in [0.25, 0.3) is 0 Å². The molecule has 0 amide bonds. The molecule has 2 bridgehead atoms. The van der Waals surface area contributed by atoms with Gasteiger partial charge in [0.2, 0.25) is 0 Å². The van der Waals surface area contributed by atoms with Crippen LogP contribution < -0.4 is 0 Å². The first kappa shape index (κ1) is 15.1. The van der Waals surface area contributed by atoms with Gasteiger partial charge in [-0.05, 0) is 56.3 Å². The molecule has 4 atom stereocenters. The van der Waals surface area contributed by atoms with Gasteiger partial charge in [0, 0.05) is 13.1 Å². The summed E-state index contributed by atoms with van der Waals surface area (Å²) in [5, 5.41) is 0. The number of hydrogen-bond donors (Lipinski definition) is 0. The molecule has 0 spiro atoms. The van der Waals surface area contributed by atoms with E-state index in [0.29, 0.717) is 0 Å². The van der Waals surface area contributed by atoms with Crippen molar-refractivity contribution in [3.05, 3.63) is 12.2 Å². The zero-order valence-corrected chi connectivity index (χ0v) is 13.3. The highest BCUT2D eigenvalue weighted by molar-refractivity contribution is 5.14. The molecule has 0 heterocycles. The topological polar surface area (TPSA) is 6.48 Å². The molecule has 0 aromatic rings. The normalized spacial score (nSPS) is 32.9. The molecule has 2 rings (SSSR count). The first-order valence-electron chi connectivity index (χ1n) is 8.36. The second-order valence-corrected chi connectivity index (χ2v) is 6.25. The highest BCUT2D eigenvalue weighted by Gasteiger charge is 2.44. The molecular weight excluding hydrogens is 232 g/mol. The van der Waals surface area contributed by atoms with Gasteiger partial charge in [0.1, 0.15) is 0 Å². The van der Waals surface area contributed by atoms with E-state index < -0.39 is 0 Å². The summed E-state index contributed by atoms with van der Waals surface area (Å²) < 4.78 is 0. The van der Waals surface area contributed by atoms with Crippen LogP contribution in [0.2, 0.25) is 0 Å². The fourth-order valence-electron chi connectivity index (χ4n) is 4.13. The molecule has 19 heavy (non-hydrogen) atoms. The molecule has 0 aliphatic heterocycles. The second kappa shape index (κ2) is 6.90. The minimum Gasteiger partial charge on any atom is -0.304 e. The van der Waals surface area contributed by atoms with E-state index in [1.165, 1.54) is 45.7 Å². The van der Waals surface area contributed by atoms with Gasteiger partial charge in [0.05, 0.1) is 0 Å². The fourth-order valence-corrected chi connectivity index (χ4v) is 4.13. The fraction of sp³-hybridized carbons (Fsp3) is 0.882. The molecule has 1 fully saturated rings. The first-order valence-corrected chi connectivity index (χ1v) is 8.36. The van der Waals surface area contributed by atoms with Gasteiger partial charge in [0.15, 0.2) is 0 Å². The SMILES string of the molecule is CCN(CC)C[C@H]1[C@H](CN(CC)CC)[C@H]2C=C[C@@H]1C2. The van der Waals surface area contributed by atoms with Crippen LogP contribution in [-0.2, 0) is 0 Å². The lowest BCUT2D eigenvalue weighted by Gasteiger charge is -2.35. The van der Waals surface area contributed by atoms with Crippen molar-refractivity contribution in [1.82, 2.24) is 9.80 Å². The van der Waals surface area contributed by atoms with Crippen molar-refractivity contribution >= 4 is 0 Å². The van der Waals surface area contributed by atoms with E-state index in [1.54, 1.807) is 0 Å². The molecule has 2 nitrogen and oxygen atoms in total. The smallest absolute Gasteiger partial charge is 0.00184 e. The Labute approximate surface area is 119 Å². The number of allylic oxidation sites excluding steroid dienone is 2. The maximum atomic E-state index is 2.62. The second-order valence-electron chi connectivity index (χ2n) is 6.25. The molecule has 2 aliphatic rings. The van der Waals surface area contributed by atoms with Gasteiger partial charge in [0.25, 0.3) is 0 Å². The third-order valence-electron chi connectivity index (χ3n) is 5.53. The van der Waals surface area contributed by atoms with Crippen LogP contribution in [0.5, 0.6) is 0 Å². The first-order chi connectivity index (χ1) is 9.23. The highest BCUT2D eigenvalue weighted by Crippen LogP contribution is 2.48. The van der Waals surface area contributed by atoms with E-state index in [-0.39, 0.29) is 0 Å².